The maximum Gasteiger partial charge on any atom is 0.154 e. The SMILES string of the molecule is CCS(=O)(=O)CCCNCC1CCCS1(=O)=O. The highest BCUT2D eigenvalue weighted by Crippen LogP contribution is 2.18. The second-order valence-electron chi connectivity index (χ2n) is 4.43. The third-order valence-electron chi connectivity index (χ3n) is 3.08. The zero-order chi connectivity index (χ0) is 12.9. The Kier molecular flexibility index (Phi) is 5.40. The first kappa shape index (κ1) is 14.9. The van der Waals surface area contributed by atoms with Crippen molar-refractivity contribution in [1.29, 1.82) is 0 Å². The normalized spacial score (nSPS) is 23.9. The maximum atomic E-state index is 11.5. The van der Waals surface area contributed by atoms with E-state index in [0.717, 1.165) is 12.8 Å². The molecule has 7 heteroatoms. The first-order valence-electron chi connectivity index (χ1n) is 6.00. The van der Waals surface area contributed by atoms with E-state index in [4.69, 9.17) is 0 Å². The number of sulfone groups is 2. The van der Waals surface area contributed by atoms with Gasteiger partial charge in [0.15, 0.2) is 9.84 Å². The van der Waals surface area contributed by atoms with E-state index >= 15 is 0 Å². The lowest BCUT2D eigenvalue weighted by atomic mass is 10.2. The van der Waals surface area contributed by atoms with Crippen LogP contribution in [-0.2, 0) is 19.7 Å². The first-order chi connectivity index (χ1) is 7.87. The van der Waals surface area contributed by atoms with Crippen molar-refractivity contribution in [2.24, 2.45) is 0 Å². The van der Waals surface area contributed by atoms with Gasteiger partial charge in [-0.1, -0.05) is 6.92 Å². The Morgan fingerprint density at radius 2 is 2.06 bits per heavy atom. The van der Waals surface area contributed by atoms with Crippen LogP contribution in [0, 0.1) is 0 Å². The van der Waals surface area contributed by atoms with E-state index in [1.54, 1.807) is 6.92 Å². The molecule has 0 bridgehead atoms. The van der Waals surface area contributed by atoms with Crippen molar-refractivity contribution in [3.63, 3.8) is 0 Å². The second-order valence-corrected chi connectivity index (χ2v) is 9.30. The summed E-state index contributed by atoms with van der Waals surface area (Å²) in [5.41, 5.74) is 0. The Morgan fingerprint density at radius 3 is 2.59 bits per heavy atom. The average Bonchev–Trinajstić information content (AvgIpc) is 2.58. The van der Waals surface area contributed by atoms with Gasteiger partial charge in [-0.2, -0.15) is 0 Å². The molecule has 1 saturated heterocycles. The van der Waals surface area contributed by atoms with E-state index in [1.807, 2.05) is 0 Å². The highest BCUT2D eigenvalue weighted by Gasteiger charge is 2.30. The third kappa shape index (κ3) is 4.93. The molecule has 17 heavy (non-hydrogen) atoms. The maximum absolute atomic E-state index is 11.5. The van der Waals surface area contributed by atoms with Crippen LogP contribution in [0.4, 0.5) is 0 Å². The van der Waals surface area contributed by atoms with E-state index in [-0.39, 0.29) is 16.8 Å². The van der Waals surface area contributed by atoms with Gasteiger partial charge in [-0.25, -0.2) is 16.8 Å². The molecule has 1 N–H and O–H groups in total. The van der Waals surface area contributed by atoms with Crippen LogP contribution in [0.15, 0.2) is 0 Å². The largest absolute Gasteiger partial charge is 0.315 e. The number of hydrogen-bond donors (Lipinski definition) is 1. The average molecular weight is 283 g/mol. The van der Waals surface area contributed by atoms with Crippen LogP contribution >= 0.6 is 0 Å². The molecule has 1 atom stereocenters. The molecule has 1 rings (SSSR count). The summed E-state index contributed by atoms with van der Waals surface area (Å²) in [5, 5.41) is 2.76. The summed E-state index contributed by atoms with van der Waals surface area (Å²) in [6, 6.07) is 0. The van der Waals surface area contributed by atoms with Gasteiger partial charge in [-0.3, -0.25) is 0 Å². The van der Waals surface area contributed by atoms with Gasteiger partial charge in [-0.05, 0) is 25.8 Å². The van der Waals surface area contributed by atoms with Crippen molar-refractivity contribution >= 4 is 19.7 Å². The molecule has 5 nitrogen and oxygen atoms in total. The standard InChI is InChI=1S/C10H21NO4S2/c1-2-16(12,13)7-4-6-11-9-10-5-3-8-17(10,14)15/h10-11H,2-9H2,1H3. The molecular weight excluding hydrogens is 262 g/mol. The summed E-state index contributed by atoms with van der Waals surface area (Å²) in [5.74, 6) is 0.640. The Bertz CT molecular complexity index is 427. The first-order valence-corrected chi connectivity index (χ1v) is 9.54. The summed E-state index contributed by atoms with van der Waals surface area (Å²) in [6.45, 7) is 2.65. The molecule has 1 fully saturated rings. The van der Waals surface area contributed by atoms with Gasteiger partial charge < -0.3 is 5.32 Å². The van der Waals surface area contributed by atoms with Crippen LogP contribution in [0.5, 0.6) is 0 Å². The Balaban J connectivity index is 2.17. The van der Waals surface area contributed by atoms with Crippen LogP contribution in [-0.4, -0.2) is 52.4 Å². The van der Waals surface area contributed by atoms with Crippen LogP contribution < -0.4 is 5.32 Å². The fraction of sp³-hybridized carbons (Fsp3) is 1.00. The summed E-state index contributed by atoms with van der Waals surface area (Å²) < 4.78 is 45.4. The highest BCUT2D eigenvalue weighted by atomic mass is 32.2. The summed E-state index contributed by atoms with van der Waals surface area (Å²) >= 11 is 0. The van der Waals surface area contributed by atoms with E-state index in [1.165, 1.54) is 0 Å². The molecule has 1 heterocycles. The molecule has 0 spiro atoms. The van der Waals surface area contributed by atoms with E-state index in [2.05, 4.69) is 5.32 Å². The Morgan fingerprint density at radius 1 is 1.35 bits per heavy atom. The van der Waals surface area contributed by atoms with Crippen LogP contribution in [0.25, 0.3) is 0 Å². The van der Waals surface area contributed by atoms with Crippen molar-refractivity contribution < 1.29 is 16.8 Å². The summed E-state index contributed by atoms with van der Waals surface area (Å²) in [6.07, 6.45) is 2.02. The monoisotopic (exact) mass is 283 g/mol. The van der Waals surface area contributed by atoms with E-state index in [0.29, 0.717) is 25.3 Å². The van der Waals surface area contributed by atoms with Gasteiger partial charge >= 0.3 is 0 Å². The van der Waals surface area contributed by atoms with Crippen molar-refractivity contribution in [1.82, 2.24) is 5.32 Å². The Labute approximate surface area is 104 Å². The molecular formula is C10H21NO4S2. The molecule has 1 unspecified atom stereocenters. The molecule has 102 valence electrons. The zero-order valence-electron chi connectivity index (χ0n) is 10.2. The van der Waals surface area contributed by atoms with Crippen LogP contribution in [0.3, 0.4) is 0 Å². The molecule has 1 aliphatic heterocycles. The fourth-order valence-corrected chi connectivity index (χ4v) is 4.58. The topological polar surface area (TPSA) is 80.3 Å². The lowest BCUT2D eigenvalue weighted by Crippen LogP contribution is -2.31. The quantitative estimate of drug-likeness (QED) is 0.664. The molecule has 0 aromatic heterocycles. The van der Waals surface area contributed by atoms with Gasteiger partial charge in [0.1, 0.15) is 9.84 Å². The van der Waals surface area contributed by atoms with Crippen LogP contribution in [0.2, 0.25) is 0 Å². The lowest BCUT2D eigenvalue weighted by molar-refractivity contribution is 0.568. The molecule has 0 saturated carbocycles. The molecule has 0 aliphatic carbocycles. The zero-order valence-corrected chi connectivity index (χ0v) is 11.8. The van der Waals surface area contributed by atoms with Crippen molar-refractivity contribution in [3.8, 4) is 0 Å². The summed E-state index contributed by atoms with van der Waals surface area (Å²) in [7, 11) is -5.79. The van der Waals surface area contributed by atoms with E-state index < -0.39 is 19.7 Å². The number of rotatable bonds is 7. The molecule has 0 aromatic carbocycles. The third-order valence-corrected chi connectivity index (χ3v) is 7.15. The van der Waals surface area contributed by atoms with Crippen LogP contribution in [0.1, 0.15) is 26.2 Å². The molecule has 1 aliphatic rings. The Hall–Kier alpha value is -0.140. The lowest BCUT2D eigenvalue weighted by Gasteiger charge is -2.10. The van der Waals surface area contributed by atoms with Gasteiger partial charge in [0.25, 0.3) is 0 Å². The minimum Gasteiger partial charge on any atom is -0.315 e. The summed E-state index contributed by atoms with van der Waals surface area (Å²) in [4.78, 5) is 0. The minimum atomic E-state index is -2.90. The van der Waals surface area contributed by atoms with Gasteiger partial charge in [0.2, 0.25) is 0 Å². The molecule has 0 aromatic rings. The van der Waals surface area contributed by atoms with Gasteiger partial charge in [0.05, 0.1) is 16.8 Å². The smallest absolute Gasteiger partial charge is 0.154 e. The van der Waals surface area contributed by atoms with E-state index in [9.17, 15) is 16.8 Å². The number of hydrogen-bond acceptors (Lipinski definition) is 5. The van der Waals surface area contributed by atoms with Gasteiger partial charge in [-0.15, -0.1) is 0 Å². The predicted octanol–water partition coefficient (Wildman–Crippen LogP) is -0.0220. The highest BCUT2D eigenvalue weighted by molar-refractivity contribution is 7.92. The van der Waals surface area contributed by atoms with Crippen molar-refractivity contribution in [2.45, 2.75) is 31.4 Å². The minimum absolute atomic E-state index is 0.171. The van der Waals surface area contributed by atoms with Crippen molar-refractivity contribution in [3.05, 3.63) is 0 Å². The van der Waals surface area contributed by atoms with Crippen molar-refractivity contribution in [2.75, 3.05) is 30.3 Å². The second kappa shape index (κ2) is 6.15. The fourth-order valence-electron chi connectivity index (χ4n) is 1.91. The predicted molar refractivity (Wildman–Crippen MR) is 68.6 cm³/mol. The molecule has 0 amide bonds. The molecule has 0 radical (unpaired) electrons. The van der Waals surface area contributed by atoms with Gasteiger partial charge in [0, 0.05) is 12.3 Å². The number of nitrogens with one attached hydrogen (secondary N) is 1.